The number of hydrogen-bond donors (Lipinski definition) is 0. The van der Waals surface area contributed by atoms with Gasteiger partial charge in [-0.05, 0) is 42.8 Å². The molecule has 1 atom stereocenters. The number of benzene rings is 1. The summed E-state index contributed by atoms with van der Waals surface area (Å²) in [7, 11) is 0. The van der Waals surface area contributed by atoms with E-state index in [2.05, 4.69) is 5.92 Å². The van der Waals surface area contributed by atoms with E-state index in [4.69, 9.17) is 6.42 Å². The van der Waals surface area contributed by atoms with Gasteiger partial charge in [-0.3, -0.25) is 4.79 Å². The Hall–Kier alpha value is -1.61. The Kier molecular flexibility index (Phi) is 4.84. The molecule has 112 valence electrons. The molecule has 1 heterocycles. The van der Waals surface area contributed by atoms with Crippen molar-refractivity contribution in [2.45, 2.75) is 23.2 Å². The number of carbonyl (C=O) groups excluding carboxylic acids is 1. The van der Waals surface area contributed by atoms with Crippen molar-refractivity contribution < 1.29 is 18.0 Å². The normalized spacial score (nSPS) is 19.1. The monoisotopic (exact) mass is 313 g/mol. The number of terminal acetylenes is 1. The highest BCUT2D eigenvalue weighted by Gasteiger charge is 2.30. The molecule has 1 fully saturated rings. The topological polar surface area (TPSA) is 20.3 Å². The molecule has 1 amide bonds. The molecular weight excluding hydrogens is 299 g/mol. The number of halogens is 3. The van der Waals surface area contributed by atoms with E-state index < -0.39 is 5.51 Å². The molecule has 0 aromatic heterocycles. The number of rotatable bonds is 2. The largest absolute Gasteiger partial charge is 0.446 e. The molecule has 1 unspecified atom stereocenters. The van der Waals surface area contributed by atoms with Crippen LogP contribution in [0.4, 0.5) is 13.2 Å². The molecule has 1 aliphatic heterocycles. The summed E-state index contributed by atoms with van der Waals surface area (Å²) in [6, 6.07) is 5.61. The van der Waals surface area contributed by atoms with E-state index in [1.807, 2.05) is 0 Å². The molecular formula is C15H14F3NOS. The third-order valence-corrected chi connectivity index (χ3v) is 3.98. The van der Waals surface area contributed by atoms with Gasteiger partial charge in [0.15, 0.2) is 0 Å². The van der Waals surface area contributed by atoms with Crippen LogP contribution >= 0.6 is 11.8 Å². The van der Waals surface area contributed by atoms with Crippen LogP contribution in [-0.2, 0) is 0 Å². The highest BCUT2D eigenvalue weighted by atomic mass is 32.2. The Balaban J connectivity index is 2.12. The predicted octanol–water partition coefficient (Wildman–Crippen LogP) is 3.78. The molecule has 0 N–H and O–H groups in total. The average Bonchev–Trinajstić information content (AvgIpc) is 2.45. The van der Waals surface area contributed by atoms with Crippen molar-refractivity contribution in [3.05, 3.63) is 29.8 Å². The van der Waals surface area contributed by atoms with Gasteiger partial charge in [0.05, 0.1) is 0 Å². The van der Waals surface area contributed by atoms with Gasteiger partial charge in [0.1, 0.15) is 0 Å². The molecule has 0 spiro atoms. The number of hydrogen-bond acceptors (Lipinski definition) is 2. The van der Waals surface area contributed by atoms with E-state index in [0.29, 0.717) is 13.1 Å². The summed E-state index contributed by atoms with van der Waals surface area (Å²) >= 11 is -0.219. The fourth-order valence-electron chi connectivity index (χ4n) is 2.31. The van der Waals surface area contributed by atoms with E-state index in [9.17, 15) is 18.0 Å². The van der Waals surface area contributed by atoms with Crippen molar-refractivity contribution in [1.82, 2.24) is 4.90 Å². The summed E-state index contributed by atoms with van der Waals surface area (Å²) in [5.74, 6) is 2.40. The Morgan fingerprint density at radius 3 is 2.86 bits per heavy atom. The molecule has 0 bridgehead atoms. The number of likely N-dealkylation sites (tertiary alicyclic amines) is 1. The summed E-state index contributed by atoms with van der Waals surface area (Å²) in [4.78, 5) is 14.0. The summed E-state index contributed by atoms with van der Waals surface area (Å²) in [6.45, 7) is 1.06. The minimum Gasteiger partial charge on any atom is -0.337 e. The van der Waals surface area contributed by atoms with Crippen LogP contribution in [0, 0.1) is 18.3 Å². The van der Waals surface area contributed by atoms with Crippen molar-refractivity contribution in [2.24, 2.45) is 5.92 Å². The van der Waals surface area contributed by atoms with Crippen LogP contribution < -0.4 is 0 Å². The van der Waals surface area contributed by atoms with Gasteiger partial charge in [0, 0.05) is 29.5 Å². The maximum absolute atomic E-state index is 12.4. The van der Waals surface area contributed by atoms with E-state index in [1.54, 1.807) is 4.90 Å². The van der Waals surface area contributed by atoms with Crippen LogP contribution in [-0.4, -0.2) is 29.4 Å². The minimum atomic E-state index is -4.36. The molecule has 0 aliphatic carbocycles. The van der Waals surface area contributed by atoms with E-state index in [0.717, 1.165) is 12.8 Å². The van der Waals surface area contributed by atoms with E-state index >= 15 is 0 Å². The zero-order valence-corrected chi connectivity index (χ0v) is 12.0. The van der Waals surface area contributed by atoms with Crippen LogP contribution in [0.2, 0.25) is 0 Å². The number of alkyl halides is 3. The fraction of sp³-hybridized carbons (Fsp3) is 0.400. The molecule has 1 saturated heterocycles. The predicted molar refractivity (Wildman–Crippen MR) is 75.8 cm³/mol. The highest BCUT2D eigenvalue weighted by Crippen LogP contribution is 2.37. The van der Waals surface area contributed by atoms with Crippen molar-refractivity contribution in [1.29, 1.82) is 0 Å². The second-order valence-corrected chi connectivity index (χ2v) is 5.97. The molecule has 1 aromatic carbocycles. The molecule has 0 radical (unpaired) electrons. The van der Waals surface area contributed by atoms with E-state index in [-0.39, 0.29) is 34.0 Å². The van der Waals surface area contributed by atoms with Crippen molar-refractivity contribution in [2.75, 3.05) is 13.1 Å². The molecule has 6 heteroatoms. The van der Waals surface area contributed by atoms with Gasteiger partial charge in [-0.25, -0.2) is 0 Å². The number of nitrogens with zero attached hydrogens (tertiary/aromatic N) is 1. The van der Waals surface area contributed by atoms with Gasteiger partial charge in [-0.1, -0.05) is 6.07 Å². The lowest BCUT2D eigenvalue weighted by molar-refractivity contribution is -0.0328. The smallest absolute Gasteiger partial charge is 0.337 e. The quantitative estimate of drug-likeness (QED) is 0.612. The Morgan fingerprint density at radius 1 is 1.43 bits per heavy atom. The lowest BCUT2D eigenvalue weighted by Crippen LogP contribution is -2.39. The zero-order chi connectivity index (χ0) is 15.5. The number of thioether (sulfide) groups is 1. The standard InChI is InChI=1S/C15H14F3NOS/c1-2-11-5-4-8-19(10-11)14(20)12-6-3-7-13(9-12)21-15(16,17)18/h1,3,6-7,9,11H,4-5,8,10H2. The van der Waals surface area contributed by atoms with Crippen LogP contribution in [0.1, 0.15) is 23.2 Å². The third kappa shape index (κ3) is 4.43. The van der Waals surface area contributed by atoms with Gasteiger partial charge in [0.25, 0.3) is 5.91 Å². The van der Waals surface area contributed by atoms with Gasteiger partial charge in [0.2, 0.25) is 0 Å². The summed E-state index contributed by atoms with van der Waals surface area (Å²) in [5.41, 5.74) is -4.09. The molecule has 0 saturated carbocycles. The van der Waals surface area contributed by atoms with Crippen molar-refractivity contribution in [3.63, 3.8) is 0 Å². The van der Waals surface area contributed by atoms with Crippen LogP contribution in [0.25, 0.3) is 0 Å². The van der Waals surface area contributed by atoms with Gasteiger partial charge in [-0.15, -0.1) is 12.3 Å². The Morgan fingerprint density at radius 2 is 2.19 bits per heavy atom. The lowest BCUT2D eigenvalue weighted by atomic mass is 9.98. The number of carbonyl (C=O) groups is 1. The molecule has 1 aromatic rings. The highest BCUT2D eigenvalue weighted by molar-refractivity contribution is 8.00. The van der Waals surface area contributed by atoms with Crippen LogP contribution in [0.3, 0.4) is 0 Å². The first-order valence-electron chi connectivity index (χ1n) is 6.50. The van der Waals surface area contributed by atoms with Crippen LogP contribution in [0.5, 0.6) is 0 Å². The second kappa shape index (κ2) is 6.44. The molecule has 1 aliphatic rings. The fourth-order valence-corrected chi connectivity index (χ4v) is 2.91. The van der Waals surface area contributed by atoms with Gasteiger partial charge in [-0.2, -0.15) is 13.2 Å². The first kappa shape index (κ1) is 15.8. The Labute approximate surface area is 125 Å². The van der Waals surface area contributed by atoms with Gasteiger partial charge < -0.3 is 4.90 Å². The maximum Gasteiger partial charge on any atom is 0.446 e. The first-order chi connectivity index (χ1) is 9.89. The zero-order valence-electron chi connectivity index (χ0n) is 11.2. The minimum absolute atomic E-state index is 0.0128. The van der Waals surface area contributed by atoms with Crippen molar-refractivity contribution >= 4 is 17.7 Å². The maximum atomic E-state index is 12.4. The average molecular weight is 313 g/mol. The van der Waals surface area contributed by atoms with E-state index in [1.165, 1.54) is 24.3 Å². The first-order valence-corrected chi connectivity index (χ1v) is 7.32. The number of piperidine rings is 1. The van der Waals surface area contributed by atoms with Crippen LogP contribution in [0.15, 0.2) is 29.2 Å². The summed E-state index contributed by atoms with van der Waals surface area (Å²) in [5, 5.41) is 0. The SMILES string of the molecule is C#CC1CCCN(C(=O)c2cccc(SC(F)(F)F)c2)C1. The summed E-state index contributed by atoms with van der Waals surface area (Å²) < 4.78 is 37.1. The van der Waals surface area contributed by atoms with Crippen molar-refractivity contribution in [3.8, 4) is 12.3 Å². The molecule has 2 nitrogen and oxygen atoms in total. The summed E-state index contributed by atoms with van der Waals surface area (Å²) in [6.07, 6.45) is 7.08. The molecule has 2 rings (SSSR count). The van der Waals surface area contributed by atoms with Gasteiger partial charge >= 0.3 is 5.51 Å². The third-order valence-electron chi connectivity index (χ3n) is 3.26. The Bertz CT molecular complexity index is 565. The number of amides is 1. The second-order valence-electron chi connectivity index (χ2n) is 4.83. The molecule has 21 heavy (non-hydrogen) atoms. The lowest BCUT2D eigenvalue weighted by Gasteiger charge is -2.30.